The monoisotopic (exact) mass is 439 g/mol. The van der Waals surface area contributed by atoms with E-state index >= 15 is 0 Å². The lowest BCUT2D eigenvalue weighted by Gasteiger charge is -2.17. The minimum atomic E-state index is -0.440. The molecule has 0 saturated carbocycles. The first-order valence-corrected chi connectivity index (χ1v) is 9.79. The van der Waals surface area contributed by atoms with Gasteiger partial charge in [-0.05, 0) is 19.1 Å². The molecule has 0 saturated heterocycles. The van der Waals surface area contributed by atoms with Gasteiger partial charge < -0.3 is 20.3 Å². The second-order valence-electron chi connectivity index (χ2n) is 6.77. The number of amides is 3. The van der Waals surface area contributed by atoms with Crippen LogP contribution in [0.4, 0.5) is 22.0 Å². The van der Waals surface area contributed by atoms with E-state index in [0.29, 0.717) is 35.1 Å². The molecule has 2 aromatic heterocycles. The number of benzene rings is 1. The lowest BCUT2D eigenvalue weighted by atomic mass is 10.1. The Balaban J connectivity index is 2.02. The summed E-state index contributed by atoms with van der Waals surface area (Å²) >= 11 is 0. The molecule has 3 amide bonds. The topological polar surface area (TPSA) is 139 Å². The van der Waals surface area contributed by atoms with E-state index in [0.717, 1.165) is 0 Å². The molecule has 0 atom stereocenters. The third-order valence-corrected chi connectivity index (χ3v) is 4.62. The van der Waals surface area contributed by atoms with Gasteiger partial charge in [0.2, 0.25) is 0 Å². The van der Waals surface area contributed by atoms with Gasteiger partial charge in [-0.25, -0.2) is 9.78 Å². The zero-order valence-corrected chi connectivity index (χ0v) is 18.5. The largest absolute Gasteiger partial charge is 0.494 e. The molecule has 0 unspecified atom stereocenters. The van der Waals surface area contributed by atoms with Crippen molar-refractivity contribution in [3.8, 4) is 17.1 Å². The minimum absolute atomic E-state index is 0.0535. The number of nitrogens with one attached hydrogen (secondary N) is 3. The number of urea groups is 1. The molecule has 12 heteroatoms. The van der Waals surface area contributed by atoms with E-state index in [9.17, 15) is 9.59 Å². The van der Waals surface area contributed by atoms with E-state index in [1.807, 2.05) is 19.1 Å². The quantitative estimate of drug-likeness (QED) is 0.507. The Morgan fingerprint density at radius 2 is 2.00 bits per heavy atom. The first-order valence-electron chi connectivity index (χ1n) is 9.79. The van der Waals surface area contributed by atoms with Crippen molar-refractivity contribution in [2.75, 3.05) is 38.4 Å². The molecule has 0 aliphatic carbocycles. The number of hydrogen-bond acceptors (Lipinski definition) is 8. The van der Waals surface area contributed by atoms with Gasteiger partial charge in [0.05, 0.1) is 24.0 Å². The van der Waals surface area contributed by atoms with Gasteiger partial charge in [-0.15, -0.1) is 10.2 Å². The molecule has 3 N–H and O–H groups in total. The Labute approximate surface area is 185 Å². The highest BCUT2D eigenvalue weighted by Crippen LogP contribution is 2.37. The van der Waals surface area contributed by atoms with Gasteiger partial charge in [0.1, 0.15) is 6.33 Å². The summed E-state index contributed by atoms with van der Waals surface area (Å²) in [7, 11) is 6.45. The summed E-state index contributed by atoms with van der Waals surface area (Å²) in [5.41, 5.74) is 1.61. The summed E-state index contributed by atoms with van der Waals surface area (Å²) in [6.07, 6.45) is 1.59. The standard InChI is InChI=1S/C20H25N9O3/c1-6-28(3)20(31)24-15-10-14(16(26-25-15)19(30)21-2)23-13-9-7-8-12(17(13)32-5)18-22-11-29(4)27-18/h7-11H,6H2,1-5H3,(H,21,30)(H2,23,24,25,31). The van der Waals surface area contributed by atoms with Gasteiger partial charge in [0.25, 0.3) is 5.91 Å². The summed E-state index contributed by atoms with van der Waals surface area (Å²) in [6.45, 7) is 2.37. The van der Waals surface area contributed by atoms with E-state index < -0.39 is 5.91 Å². The van der Waals surface area contributed by atoms with Gasteiger partial charge in [-0.3, -0.25) is 14.8 Å². The number of nitrogens with zero attached hydrogens (tertiary/aromatic N) is 6. The predicted molar refractivity (Wildman–Crippen MR) is 119 cm³/mol. The number of aromatic nitrogens is 5. The third-order valence-electron chi connectivity index (χ3n) is 4.62. The summed E-state index contributed by atoms with van der Waals surface area (Å²) in [4.78, 5) is 30.3. The predicted octanol–water partition coefficient (Wildman–Crippen LogP) is 1.87. The van der Waals surface area contributed by atoms with Crippen LogP contribution in [0.15, 0.2) is 30.6 Å². The molecule has 0 aliphatic heterocycles. The Morgan fingerprint density at radius 1 is 1.22 bits per heavy atom. The molecule has 1 aromatic carbocycles. The Kier molecular flexibility index (Phi) is 6.83. The fraction of sp³-hybridized carbons (Fsp3) is 0.300. The number of para-hydroxylation sites is 1. The smallest absolute Gasteiger partial charge is 0.322 e. The van der Waals surface area contributed by atoms with Crippen molar-refractivity contribution < 1.29 is 14.3 Å². The first-order chi connectivity index (χ1) is 15.4. The third kappa shape index (κ3) is 4.74. The number of carbonyl (C=O) groups excluding carboxylic acids is 2. The van der Waals surface area contributed by atoms with Crippen molar-refractivity contribution in [2.24, 2.45) is 7.05 Å². The zero-order valence-electron chi connectivity index (χ0n) is 18.5. The number of aryl methyl sites for hydroxylation is 1. The molecule has 0 radical (unpaired) electrons. The van der Waals surface area contributed by atoms with Crippen molar-refractivity contribution in [1.82, 2.24) is 35.2 Å². The van der Waals surface area contributed by atoms with Crippen molar-refractivity contribution in [1.29, 1.82) is 0 Å². The maximum Gasteiger partial charge on any atom is 0.322 e. The number of carbonyl (C=O) groups is 2. The second kappa shape index (κ2) is 9.73. The molecule has 3 rings (SSSR count). The number of hydrogen-bond donors (Lipinski definition) is 3. The van der Waals surface area contributed by atoms with E-state index in [2.05, 4.69) is 36.2 Å². The van der Waals surface area contributed by atoms with Crippen LogP contribution in [-0.4, -0.2) is 69.5 Å². The first kappa shape index (κ1) is 22.5. The normalized spacial score (nSPS) is 10.4. The van der Waals surface area contributed by atoms with Gasteiger partial charge in [-0.1, -0.05) is 6.07 Å². The van der Waals surface area contributed by atoms with Crippen LogP contribution in [0.3, 0.4) is 0 Å². The van der Waals surface area contributed by atoms with Crippen LogP contribution in [0.25, 0.3) is 11.4 Å². The Bertz CT molecular complexity index is 1130. The van der Waals surface area contributed by atoms with Crippen LogP contribution in [0.1, 0.15) is 17.4 Å². The average Bonchev–Trinajstić information content (AvgIpc) is 3.24. The fourth-order valence-electron chi connectivity index (χ4n) is 2.82. The maximum absolute atomic E-state index is 12.4. The molecular formula is C20H25N9O3. The summed E-state index contributed by atoms with van der Waals surface area (Å²) in [6, 6.07) is 6.60. The van der Waals surface area contributed by atoms with Crippen molar-refractivity contribution in [3.63, 3.8) is 0 Å². The van der Waals surface area contributed by atoms with Crippen LogP contribution in [-0.2, 0) is 7.05 Å². The molecule has 3 aromatic rings. The molecule has 32 heavy (non-hydrogen) atoms. The molecule has 0 bridgehead atoms. The lowest BCUT2D eigenvalue weighted by molar-refractivity contribution is 0.0958. The molecule has 2 heterocycles. The van der Waals surface area contributed by atoms with Gasteiger partial charge in [-0.2, -0.15) is 5.10 Å². The van der Waals surface area contributed by atoms with Crippen LogP contribution >= 0.6 is 0 Å². The van der Waals surface area contributed by atoms with Crippen LogP contribution in [0, 0.1) is 0 Å². The molecule has 0 spiro atoms. The van der Waals surface area contributed by atoms with Crippen LogP contribution < -0.4 is 20.7 Å². The van der Waals surface area contributed by atoms with Crippen LogP contribution in [0.2, 0.25) is 0 Å². The average molecular weight is 439 g/mol. The van der Waals surface area contributed by atoms with Gasteiger partial charge >= 0.3 is 6.03 Å². The second-order valence-corrected chi connectivity index (χ2v) is 6.77. The van der Waals surface area contributed by atoms with Crippen molar-refractivity contribution in [3.05, 3.63) is 36.3 Å². The molecule has 168 valence electrons. The molecule has 12 nitrogen and oxygen atoms in total. The number of ether oxygens (including phenoxy) is 1. The zero-order chi connectivity index (χ0) is 23.3. The lowest BCUT2D eigenvalue weighted by Crippen LogP contribution is -2.31. The van der Waals surface area contributed by atoms with E-state index in [1.54, 1.807) is 31.2 Å². The fourth-order valence-corrected chi connectivity index (χ4v) is 2.82. The Morgan fingerprint density at radius 3 is 2.62 bits per heavy atom. The number of methoxy groups -OCH3 is 1. The maximum atomic E-state index is 12.4. The molecule has 0 fully saturated rings. The molecule has 0 aliphatic rings. The Hall–Kier alpha value is -4.22. The summed E-state index contributed by atoms with van der Waals surface area (Å²) in [5.74, 6) is 0.717. The summed E-state index contributed by atoms with van der Waals surface area (Å²) < 4.78 is 7.21. The van der Waals surface area contributed by atoms with Crippen LogP contribution in [0.5, 0.6) is 5.75 Å². The van der Waals surface area contributed by atoms with Gasteiger partial charge in [0, 0.05) is 33.8 Å². The van der Waals surface area contributed by atoms with E-state index in [4.69, 9.17) is 4.74 Å². The van der Waals surface area contributed by atoms with Gasteiger partial charge in [0.15, 0.2) is 23.1 Å². The van der Waals surface area contributed by atoms with E-state index in [-0.39, 0.29) is 17.5 Å². The highest BCUT2D eigenvalue weighted by molar-refractivity contribution is 5.99. The minimum Gasteiger partial charge on any atom is -0.494 e. The highest BCUT2D eigenvalue weighted by Gasteiger charge is 2.19. The van der Waals surface area contributed by atoms with Crippen molar-refractivity contribution >= 4 is 29.1 Å². The SMILES string of the molecule is CCN(C)C(=O)Nc1cc(Nc2cccc(-c3ncn(C)n3)c2OC)c(C(=O)NC)nn1. The van der Waals surface area contributed by atoms with Crippen molar-refractivity contribution in [2.45, 2.75) is 6.92 Å². The molecular weight excluding hydrogens is 414 g/mol. The number of rotatable bonds is 7. The van der Waals surface area contributed by atoms with E-state index in [1.165, 1.54) is 25.1 Å². The number of anilines is 3. The summed E-state index contributed by atoms with van der Waals surface area (Å²) in [5, 5.41) is 20.6. The highest BCUT2D eigenvalue weighted by atomic mass is 16.5.